The van der Waals surface area contributed by atoms with Gasteiger partial charge in [-0.05, 0) is 36.2 Å². The lowest BCUT2D eigenvalue weighted by Gasteiger charge is -2.30. The molecule has 194 valence electrons. The van der Waals surface area contributed by atoms with E-state index in [2.05, 4.69) is 4.98 Å². The van der Waals surface area contributed by atoms with Crippen molar-refractivity contribution in [3.63, 3.8) is 0 Å². The number of carbonyl (C=O) groups excluding carboxylic acids is 2. The van der Waals surface area contributed by atoms with Crippen LogP contribution in [0.25, 0.3) is 0 Å². The molecule has 0 bridgehead atoms. The maximum atomic E-state index is 14.5. The molecule has 4 rings (SSSR count). The SMILES string of the molecule is COc1ccc(CCn2c3c(c(=O)[nH]c2=O)[C@@](NC(=O)c2cccnc2)(C(F)(F)F)C(=O)N3)cc1OC. The summed E-state index contributed by atoms with van der Waals surface area (Å²) in [6.45, 7) is -0.224. The number of ether oxygens (including phenoxy) is 2. The van der Waals surface area contributed by atoms with Gasteiger partial charge in [-0.3, -0.25) is 28.9 Å². The number of fused-ring (bicyclic) bond motifs is 1. The Kier molecular flexibility index (Phi) is 6.50. The molecule has 2 aromatic heterocycles. The number of alkyl halides is 3. The molecule has 0 spiro atoms. The monoisotopic (exact) mass is 519 g/mol. The largest absolute Gasteiger partial charge is 0.493 e. The highest BCUT2D eigenvalue weighted by molar-refractivity contribution is 6.09. The second-order valence-electron chi connectivity index (χ2n) is 7.97. The molecule has 37 heavy (non-hydrogen) atoms. The van der Waals surface area contributed by atoms with Crippen LogP contribution in [0.15, 0.2) is 52.3 Å². The third-order valence-electron chi connectivity index (χ3n) is 5.87. The fourth-order valence-corrected chi connectivity index (χ4v) is 4.05. The molecule has 0 aliphatic carbocycles. The first-order valence-corrected chi connectivity index (χ1v) is 10.7. The number of methoxy groups -OCH3 is 2. The number of hydrogen-bond acceptors (Lipinski definition) is 7. The van der Waals surface area contributed by atoms with Gasteiger partial charge >= 0.3 is 11.9 Å². The normalized spacial score (nSPS) is 16.6. The number of nitrogens with one attached hydrogen (secondary N) is 3. The predicted octanol–water partition coefficient (Wildman–Crippen LogP) is 1.33. The van der Waals surface area contributed by atoms with Crippen LogP contribution in [0.4, 0.5) is 19.0 Å². The Balaban J connectivity index is 1.78. The number of anilines is 1. The summed E-state index contributed by atoms with van der Waals surface area (Å²) in [4.78, 5) is 56.3. The molecule has 11 nitrogen and oxygen atoms in total. The van der Waals surface area contributed by atoms with Crippen LogP contribution >= 0.6 is 0 Å². The van der Waals surface area contributed by atoms with E-state index in [9.17, 15) is 32.3 Å². The number of aromatic nitrogens is 3. The number of carbonyl (C=O) groups is 2. The van der Waals surface area contributed by atoms with Crippen molar-refractivity contribution in [1.29, 1.82) is 0 Å². The van der Waals surface area contributed by atoms with E-state index in [1.165, 1.54) is 32.5 Å². The van der Waals surface area contributed by atoms with Crippen molar-refractivity contribution in [3.8, 4) is 11.5 Å². The van der Waals surface area contributed by atoms with E-state index < -0.39 is 46.2 Å². The summed E-state index contributed by atoms with van der Waals surface area (Å²) in [6.07, 6.45) is -3.04. The minimum Gasteiger partial charge on any atom is -0.493 e. The molecule has 14 heteroatoms. The first-order chi connectivity index (χ1) is 17.5. The second kappa shape index (κ2) is 9.44. The zero-order valence-electron chi connectivity index (χ0n) is 19.4. The van der Waals surface area contributed by atoms with E-state index in [1.54, 1.807) is 23.5 Å². The van der Waals surface area contributed by atoms with Gasteiger partial charge in [0.1, 0.15) is 11.4 Å². The number of pyridine rings is 1. The number of amides is 2. The molecule has 2 amide bonds. The smallest absolute Gasteiger partial charge is 0.425 e. The third kappa shape index (κ3) is 4.30. The maximum Gasteiger partial charge on any atom is 0.425 e. The average Bonchev–Trinajstić information content (AvgIpc) is 3.17. The molecule has 0 fully saturated rings. The molecular weight excluding hydrogens is 499 g/mol. The van der Waals surface area contributed by atoms with Crippen LogP contribution in [0.5, 0.6) is 11.5 Å². The van der Waals surface area contributed by atoms with Crippen LogP contribution in [0.3, 0.4) is 0 Å². The molecular formula is C23H20F3N5O6. The van der Waals surface area contributed by atoms with Crippen LogP contribution in [-0.4, -0.2) is 46.7 Å². The third-order valence-corrected chi connectivity index (χ3v) is 5.87. The van der Waals surface area contributed by atoms with Gasteiger partial charge in [0.05, 0.1) is 19.8 Å². The lowest BCUT2D eigenvalue weighted by atomic mass is 9.91. The van der Waals surface area contributed by atoms with E-state index >= 15 is 0 Å². The standard InChI is InChI=1S/C23H20F3N5O6/c1-36-14-6-5-12(10-15(14)37-2)7-9-31-17-16(19(33)29-21(31)35)22(20(34)28-17,23(24,25)26)30-18(32)13-4-3-8-27-11-13/h3-6,8,10-11H,7,9H2,1-2H3,(H,28,34)(H,30,32)(H,29,33,35)/t22-/m0/s1. The van der Waals surface area contributed by atoms with E-state index in [-0.39, 0.29) is 18.5 Å². The summed E-state index contributed by atoms with van der Waals surface area (Å²) in [5.41, 5.74) is -7.05. The van der Waals surface area contributed by atoms with Crippen molar-refractivity contribution < 1.29 is 32.2 Å². The van der Waals surface area contributed by atoms with Crippen LogP contribution in [0.1, 0.15) is 21.5 Å². The van der Waals surface area contributed by atoms with Crippen molar-refractivity contribution in [2.75, 3.05) is 19.5 Å². The molecule has 3 heterocycles. The van der Waals surface area contributed by atoms with Crippen LogP contribution in [-0.2, 0) is 23.3 Å². The van der Waals surface area contributed by atoms with E-state index in [0.717, 1.165) is 10.8 Å². The molecule has 0 radical (unpaired) electrons. The van der Waals surface area contributed by atoms with Gasteiger partial charge < -0.3 is 20.1 Å². The van der Waals surface area contributed by atoms with Gasteiger partial charge in [-0.1, -0.05) is 6.07 Å². The minimum absolute atomic E-state index is 0.107. The van der Waals surface area contributed by atoms with Crippen molar-refractivity contribution in [1.82, 2.24) is 19.9 Å². The number of aryl methyl sites for hydroxylation is 1. The van der Waals surface area contributed by atoms with Crippen molar-refractivity contribution in [3.05, 3.63) is 80.3 Å². The van der Waals surface area contributed by atoms with Crippen molar-refractivity contribution in [2.45, 2.75) is 24.7 Å². The lowest BCUT2D eigenvalue weighted by molar-refractivity contribution is -0.196. The summed E-state index contributed by atoms with van der Waals surface area (Å²) in [5, 5.41) is 3.65. The summed E-state index contributed by atoms with van der Waals surface area (Å²) >= 11 is 0. The zero-order chi connectivity index (χ0) is 27.0. The highest BCUT2D eigenvalue weighted by Gasteiger charge is 2.68. The fourth-order valence-electron chi connectivity index (χ4n) is 4.05. The highest BCUT2D eigenvalue weighted by Crippen LogP contribution is 2.45. The predicted molar refractivity (Wildman–Crippen MR) is 123 cm³/mol. The molecule has 0 unspecified atom stereocenters. The molecule has 3 aromatic rings. The first-order valence-electron chi connectivity index (χ1n) is 10.7. The quantitative estimate of drug-likeness (QED) is 0.427. The van der Waals surface area contributed by atoms with Crippen molar-refractivity contribution >= 4 is 17.6 Å². The lowest BCUT2D eigenvalue weighted by Crippen LogP contribution is -2.62. The van der Waals surface area contributed by atoms with E-state index in [4.69, 9.17) is 9.47 Å². The van der Waals surface area contributed by atoms with E-state index in [1.807, 2.05) is 10.3 Å². The first kappa shape index (κ1) is 25.5. The van der Waals surface area contributed by atoms with Crippen LogP contribution in [0, 0.1) is 0 Å². The molecule has 3 N–H and O–H groups in total. The van der Waals surface area contributed by atoms with Gasteiger partial charge in [0.25, 0.3) is 22.9 Å². The number of rotatable bonds is 7. The fraction of sp³-hybridized carbons (Fsp3) is 0.261. The van der Waals surface area contributed by atoms with Gasteiger partial charge in [-0.2, -0.15) is 13.2 Å². The summed E-state index contributed by atoms with van der Waals surface area (Å²) in [5.74, 6) is -2.86. The summed E-state index contributed by atoms with van der Waals surface area (Å²) in [6, 6.07) is 7.39. The van der Waals surface area contributed by atoms with Gasteiger partial charge in [0, 0.05) is 18.9 Å². The maximum absolute atomic E-state index is 14.5. The summed E-state index contributed by atoms with van der Waals surface area (Å²) < 4.78 is 54.6. The average molecular weight is 519 g/mol. The number of nitrogens with zero attached hydrogens (tertiary/aromatic N) is 2. The van der Waals surface area contributed by atoms with Gasteiger partial charge in [0.2, 0.25) is 0 Å². The number of halogens is 3. The highest BCUT2D eigenvalue weighted by atomic mass is 19.4. The Labute approximate surface area is 206 Å². The van der Waals surface area contributed by atoms with Crippen LogP contribution in [0.2, 0.25) is 0 Å². The number of H-pyrrole nitrogens is 1. The minimum atomic E-state index is -5.45. The second-order valence-corrected chi connectivity index (χ2v) is 7.97. The van der Waals surface area contributed by atoms with Gasteiger partial charge in [-0.15, -0.1) is 0 Å². The molecule has 1 aliphatic rings. The molecule has 0 saturated carbocycles. The molecule has 1 aromatic carbocycles. The molecule has 1 aliphatic heterocycles. The Hall–Kier alpha value is -4.62. The van der Waals surface area contributed by atoms with Crippen LogP contribution < -0.4 is 31.4 Å². The van der Waals surface area contributed by atoms with Crippen molar-refractivity contribution in [2.24, 2.45) is 0 Å². The number of hydrogen-bond donors (Lipinski definition) is 3. The summed E-state index contributed by atoms with van der Waals surface area (Å²) in [7, 11) is 2.87. The molecule has 0 saturated heterocycles. The van der Waals surface area contributed by atoms with Gasteiger partial charge in [-0.25, -0.2) is 4.79 Å². The molecule has 1 atom stereocenters. The number of aromatic amines is 1. The Morgan fingerprint density at radius 1 is 1.14 bits per heavy atom. The number of benzene rings is 1. The Morgan fingerprint density at radius 3 is 2.49 bits per heavy atom. The Morgan fingerprint density at radius 2 is 1.86 bits per heavy atom. The van der Waals surface area contributed by atoms with Gasteiger partial charge in [0.15, 0.2) is 11.5 Å². The zero-order valence-corrected chi connectivity index (χ0v) is 19.4. The Bertz CT molecular complexity index is 1480. The van der Waals surface area contributed by atoms with E-state index in [0.29, 0.717) is 17.1 Å². The topological polar surface area (TPSA) is 144 Å².